The van der Waals surface area contributed by atoms with Gasteiger partial charge in [-0.15, -0.1) is 0 Å². The average Bonchev–Trinajstić information content (AvgIpc) is 3.33. The van der Waals surface area contributed by atoms with Crippen LogP contribution in [0.3, 0.4) is 0 Å². The van der Waals surface area contributed by atoms with Crippen LogP contribution in [-0.4, -0.2) is 42.8 Å². The van der Waals surface area contributed by atoms with Gasteiger partial charge in [0, 0.05) is 19.1 Å². The number of ether oxygens (including phenoxy) is 3. The smallest absolute Gasteiger partial charge is 0.432 e. The van der Waals surface area contributed by atoms with E-state index in [9.17, 15) is 22.8 Å². The molecule has 1 aliphatic carbocycles. The summed E-state index contributed by atoms with van der Waals surface area (Å²) in [5, 5.41) is 0. The second-order valence-corrected chi connectivity index (χ2v) is 9.56. The van der Waals surface area contributed by atoms with Crippen LogP contribution in [0.4, 0.5) is 13.2 Å². The molecule has 180 valence electrons. The summed E-state index contributed by atoms with van der Waals surface area (Å²) >= 11 is 0. The summed E-state index contributed by atoms with van der Waals surface area (Å²) in [5.74, 6) is -1.90. The zero-order valence-electron chi connectivity index (χ0n) is 19.4. The Bertz CT molecular complexity index is 966. The van der Waals surface area contributed by atoms with Gasteiger partial charge >= 0.3 is 12.1 Å². The van der Waals surface area contributed by atoms with Gasteiger partial charge in [0.05, 0.1) is 11.7 Å². The van der Waals surface area contributed by atoms with Gasteiger partial charge in [0.15, 0.2) is 5.78 Å². The van der Waals surface area contributed by atoms with Crippen LogP contribution in [0.2, 0.25) is 0 Å². The van der Waals surface area contributed by atoms with Crippen LogP contribution in [0, 0.1) is 5.41 Å². The minimum Gasteiger partial charge on any atom is -0.455 e. The Labute approximate surface area is 191 Å². The second kappa shape index (κ2) is 8.72. The number of fused-ring (bicyclic) bond motifs is 1. The van der Waals surface area contributed by atoms with E-state index < -0.39 is 35.0 Å². The summed E-state index contributed by atoms with van der Waals surface area (Å²) in [4.78, 5) is 25.6. The van der Waals surface area contributed by atoms with Crippen molar-refractivity contribution < 1.29 is 37.0 Å². The molecular weight excluding hydrogens is 437 g/mol. The van der Waals surface area contributed by atoms with Gasteiger partial charge in [-0.3, -0.25) is 4.79 Å². The first-order chi connectivity index (χ1) is 15.2. The maximum absolute atomic E-state index is 14.2. The van der Waals surface area contributed by atoms with Crippen LogP contribution < -0.4 is 0 Å². The van der Waals surface area contributed by atoms with Gasteiger partial charge in [-0.1, -0.05) is 50.3 Å². The summed E-state index contributed by atoms with van der Waals surface area (Å²) in [7, 11) is 0.818. The first kappa shape index (κ1) is 25.2. The van der Waals surface area contributed by atoms with Crippen LogP contribution in [0.1, 0.15) is 46.1 Å². The van der Waals surface area contributed by atoms with Crippen molar-refractivity contribution in [3.8, 4) is 0 Å². The number of alkyl halides is 3. The molecule has 1 heterocycles. The predicted octanol–water partition coefficient (Wildman–Crippen LogP) is 5.05. The number of esters is 1. The first-order valence-corrected chi connectivity index (χ1v) is 10.7. The number of halogens is 3. The number of rotatable bonds is 4. The molecule has 0 radical (unpaired) electrons. The van der Waals surface area contributed by atoms with Gasteiger partial charge in [0.25, 0.3) is 5.60 Å². The molecule has 4 atom stereocenters. The third kappa shape index (κ3) is 5.06. The summed E-state index contributed by atoms with van der Waals surface area (Å²) in [6.45, 7) is 7.31. The number of carbonyl (C=O) groups is 2. The average molecular weight is 466 g/mol. The number of hydrogen-bond acceptors (Lipinski definition) is 5. The molecule has 33 heavy (non-hydrogen) atoms. The molecule has 0 saturated carbocycles. The van der Waals surface area contributed by atoms with Crippen molar-refractivity contribution in [2.45, 2.75) is 70.1 Å². The van der Waals surface area contributed by atoms with Crippen LogP contribution in [0.25, 0.3) is 0 Å². The van der Waals surface area contributed by atoms with Crippen LogP contribution in [0.15, 0.2) is 54.1 Å². The van der Waals surface area contributed by atoms with E-state index in [0.717, 1.165) is 19.2 Å². The largest absolute Gasteiger partial charge is 0.455 e. The van der Waals surface area contributed by atoms with E-state index in [1.165, 1.54) is 37.3 Å². The van der Waals surface area contributed by atoms with Crippen molar-refractivity contribution in [1.29, 1.82) is 0 Å². The van der Waals surface area contributed by atoms with Crippen LogP contribution in [0.5, 0.6) is 0 Å². The summed E-state index contributed by atoms with van der Waals surface area (Å²) in [6, 6.07) is 6.63. The standard InChI is InChI=1S/C25H29F3O5/c1-16-13-18(14-23(4)20(33-23)15-22(2,3)12-11-19(16)29)32-21(30)24(31-5,25(26,27)28)17-9-7-6-8-10-17/h6-13,18,20H,14-15H2,1-5H3/b12-11+,16-13+/t18-,20+,23+,24-/m0/s1. The van der Waals surface area contributed by atoms with E-state index in [0.29, 0.717) is 6.42 Å². The van der Waals surface area contributed by atoms with Crippen LogP contribution >= 0.6 is 0 Å². The zero-order valence-corrected chi connectivity index (χ0v) is 19.4. The van der Waals surface area contributed by atoms with Gasteiger partial charge in [-0.05, 0) is 43.4 Å². The number of epoxide rings is 1. The van der Waals surface area contributed by atoms with E-state index in [1.54, 1.807) is 6.08 Å². The normalized spacial score (nSPS) is 31.8. The summed E-state index contributed by atoms with van der Waals surface area (Å²) in [5.41, 5.74) is -4.45. The number of methoxy groups -OCH3 is 1. The van der Waals surface area contributed by atoms with Crippen molar-refractivity contribution in [1.82, 2.24) is 0 Å². The maximum Gasteiger partial charge on any atom is 0.432 e. The van der Waals surface area contributed by atoms with Crippen molar-refractivity contribution in [2.75, 3.05) is 7.11 Å². The third-order valence-corrected chi connectivity index (χ3v) is 6.30. The monoisotopic (exact) mass is 466 g/mol. The highest BCUT2D eigenvalue weighted by molar-refractivity contribution is 6.03. The third-order valence-electron chi connectivity index (χ3n) is 6.30. The van der Waals surface area contributed by atoms with Crippen LogP contribution in [-0.2, 0) is 29.4 Å². The quantitative estimate of drug-likeness (QED) is 0.459. The van der Waals surface area contributed by atoms with Gasteiger partial charge in [-0.2, -0.15) is 13.2 Å². The Kier molecular flexibility index (Phi) is 6.65. The molecule has 5 nitrogen and oxygen atoms in total. The Morgan fingerprint density at radius 2 is 1.76 bits per heavy atom. The fourth-order valence-electron chi connectivity index (χ4n) is 4.21. The van der Waals surface area contributed by atoms with E-state index in [-0.39, 0.29) is 29.3 Å². The highest BCUT2D eigenvalue weighted by Gasteiger charge is 2.64. The predicted molar refractivity (Wildman–Crippen MR) is 115 cm³/mol. The Balaban J connectivity index is 1.98. The number of benzene rings is 1. The molecular formula is C25H29F3O5. The SMILES string of the molecule is CO[C@](C(=O)O[C@H]1/C=C(\C)C(=O)/C=C/C(C)(C)C[C@H]2O[C@]2(C)C1)(c1ccccc1)C(F)(F)F. The molecule has 1 saturated heterocycles. The molecule has 0 bridgehead atoms. The van der Waals surface area contributed by atoms with Crippen molar-refractivity contribution in [3.05, 3.63) is 59.7 Å². The molecule has 0 unspecified atom stereocenters. The Morgan fingerprint density at radius 1 is 1.12 bits per heavy atom. The number of carbonyl (C=O) groups excluding carboxylic acids is 2. The molecule has 0 amide bonds. The van der Waals surface area contributed by atoms with E-state index in [2.05, 4.69) is 0 Å². The van der Waals surface area contributed by atoms with E-state index in [1.807, 2.05) is 20.8 Å². The summed E-state index contributed by atoms with van der Waals surface area (Å²) < 4.78 is 58.8. The molecule has 1 aromatic carbocycles. The van der Waals surface area contributed by atoms with E-state index in [4.69, 9.17) is 14.2 Å². The van der Waals surface area contributed by atoms with Gasteiger partial charge < -0.3 is 14.2 Å². The lowest BCUT2D eigenvalue weighted by Crippen LogP contribution is -2.52. The Hall–Kier alpha value is -2.45. The van der Waals surface area contributed by atoms with E-state index >= 15 is 0 Å². The molecule has 0 N–H and O–H groups in total. The number of ketones is 1. The van der Waals surface area contributed by atoms with Gasteiger partial charge in [-0.25, -0.2) is 4.79 Å². The molecule has 1 aliphatic heterocycles. The maximum atomic E-state index is 14.2. The summed E-state index contributed by atoms with van der Waals surface area (Å²) in [6.07, 6.45) is -1.04. The molecule has 2 aliphatic rings. The van der Waals surface area contributed by atoms with Gasteiger partial charge in [0.1, 0.15) is 6.10 Å². The highest BCUT2D eigenvalue weighted by Crippen LogP contribution is 2.48. The van der Waals surface area contributed by atoms with Crippen molar-refractivity contribution >= 4 is 11.8 Å². The topological polar surface area (TPSA) is 65.1 Å². The molecule has 1 aromatic rings. The minimum absolute atomic E-state index is 0.108. The fourth-order valence-corrected chi connectivity index (χ4v) is 4.21. The molecule has 0 spiro atoms. The molecule has 8 heteroatoms. The van der Waals surface area contributed by atoms with Crippen molar-refractivity contribution in [3.63, 3.8) is 0 Å². The second-order valence-electron chi connectivity index (χ2n) is 9.56. The molecule has 0 aromatic heterocycles. The zero-order chi connectivity index (χ0) is 24.7. The number of hydrogen-bond donors (Lipinski definition) is 0. The Morgan fingerprint density at radius 3 is 2.33 bits per heavy atom. The lowest BCUT2D eigenvalue weighted by Gasteiger charge is -2.33. The molecule has 3 rings (SSSR count). The number of allylic oxidation sites excluding steroid dienone is 3. The first-order valence-electron chi connectivity index (χ1n) is 10.7. The van der Waals surface area contributed by atoms with Crippen molar-refractivity contribution in [2.24, 2.45) is 5.41 Å². The van der Waals surface area contributed by atoms with Gasteiger partial charge in [0.2, 0.25) is 0 Å². The fraction of sp³-hybridized carbons (Fsp3) is 0.520. The molecule has 1 fully saturated rings. The highest BCUT2D eigenvalue weighted by atomic mass is 19.4. The lowest BCUT2D eigenvalue weighted by molar-refractivity contribution is -0.277. The minimum atomic E-state index is -5.09. The lowest BCUT2D eigenvalue weighted by atomic mass is 9.83.